The highest BCUT2D eigenvalue weighted by molar-refractivity contribution is 6.18. The van der Waals surface area contributed by atoms with Crippen LogP contribution in [0.1, 0.15) is 12.5 Å². The summed E-state index contributed by atoms with van der Waals surface area (Å²) in [6.07, 6.45) is 0. The van der Waals surface area contributed by atoms with Gasteiger partial charge < -0.3 is 0 Å². The predicted molar refractivity (Wildman–Crippen MR) is 86.5 cm³/mol. The minimum Gasteiger partial charge on any atom is -0.269 e. The average Bonchev–Trinajstić information content (AvgIpc) is 2.82. The fraction of sp³-hybridized carbons (Fsp3) is 0.176. The van der Waals surface area contributed by atoms with E-state index in [-0.39, 0.29) is 5.91 Å². The Bertz CT molecular complexity index is 735. The van der Waals surface area contributed by atoms with Gasteiger partial charge in [0.25, 0.3) is 5.91 Å². The van der Waals surface area contributed by atoms with Crippen LogP contribution in [-0.2, 0) is 4.79 Å². The third kappa shape index (κ3) is 2.79. The van der Waals surface area contributed by atoms with E-state index in [1.807, 2.05) is 61.5 Å². The fourth-order valence-corrected chi connectivity index (χ4v) is 2.18. The van der Waals surface area contributed by atoms with Crippen molar-refractivity contribution in [3.05, 3.63) is 60.2 Å². The minimum absolute atomic E-state index is 0.181. The molecule has 0 aromatic heterocycles. The maximum Gasteiger partial charge on any atom is 0.280 e. The molecule has 5 heteroatoms. The topological polar surface area (TPSA) is 57.4 Å². The molecule has 0 spiro atoms. The quantitative estimate of drug-likeness (QED) is 0.792. The van der Waals surface area contributed by atoms with Crippen molar-refractivity contribution in [2.45, 2.75) is 19.9 Å². The van der Waals surface area contributed by atoms with E-state index in [4.69, 9.17) is 0 Å². The Kier molecular flexibility index (Phi) is 3.78. The Morgan fingerprint density at radius 1 is 1.00 bits per heavy atom. The molecular weight excluding hydrogens is 276 g/mol. The number of carbonyl (C=O) groups is 1. The van der Waals surface area contributed by atoms with E-state index in [1.54, 1.807) is 6.92 Å². The molecule has 0 saturated heterocycles. The summed E-state index contributed by atoms with van der Waals surface area (Å²) in [5, 5.41) is 14.0. The Morgan fingerprint density at radius 2 is 1.68 bits per heavy atom. The number of carbonyl (C=O) groups excluding carboxylic acids is 1. The van der Waals surface area contributed by atoms with Gasteiger partial charge in [0.2, 0.25) is 0 Å². The van der Waals surface area contributed by atoms with Gasteiger partial charge in [-0.2, -0.15) is 20.3 Å². The molecule has 0 radical (unpaired) electrons. The van der Waals surface area contributed by atoms with Crippen LogP contribution in [-0.4, -0.2) is 17.7 Å². The molecule has 22 heavy (non-hydrogen) atoms. The standard InChI is InChI=1S/C17H16N4O/c1-12-8-10-14(11-9-12)18-19-16-13(2)20-21(17(16)22)15-6-4-3-5-7-15/h3-11,16H,1-2H3/t16-/m0/s1. The molecule has 0 bridgehead atoms. The number of rotatable bonds is 3. The second-order valence-corrected chi connectivity index (χ2v) is 5.18. The van der Waals surface area contributed by atoms with Crippen LogP contribution in [0, 0.1) is 6.92 Å². The number of azo groups is 1. The Hall–Kier alpha value is -2.82. The summed E-state index contributed by atoms with van der Waals surface area (Å²) in [4.78, 5) is 12.4. The molecular formula is C17H16N4O. The molecule has 2 aromatic rings. The molecule has 0 fully saturated rings. The second kappa shape index (κ2) is 5.89. The van der Waals surface area contributed by atoms with E-state index >= 15 is 0 Å². The summed E-state index contributed by atoms with van der Waals surface area (Å²) in [6.45, 7) is 3.80. The van der Waals surface area contributed by atoms with Gasteiger partial charge in [-0.25, -0.2) is 0 Å². The molecule has 0 unspecified atom stereocenters. The maximum absolute atomic E-state index is 12.4. The molecule has 5 nitrogen and oxygen atoms in total. The van der Waals surface area contributed by atoms with Crippen molar-refractivity contribution in [2.24, 2.45) is 15.3 Å². The zero-order valence-electron chi connectivity index (χ0n) is 12.5. The van der Waals surface area contributed by atoms with E-state index in [9.17, 15) is 4.79 Å². The van der Waals surface area contributed by atoms with Gasteiger partial charge in [0.1, 0.15) is 0 Å². The first-order valence-corrected chi connectivity index (χ1v) is 7.07. The average molecular weight is 292 g/mol. The van der Waals surface area contributed by atoms with E-state index < -0.39 is 6.04 Å². The summed E-state index contributed by atoms with van der Waals surface area (Å²) in [6, 6.07) is 16.3. The summed E-state index contributed by atoms with van der Waals surface area (Å²) < 4.78 is 0. The fourth-order valence-electron chi connectivity index (χ4n) is 2.18. The molecule has 110 valence electrons. The largest absolute Gasteiger partial charge is 0.280 e. The van der Waals surface area contributed by atoms with E-state index in [0.717, 1.165) is 16.9 Å². The molecule has 1 heterocycles. The normalized spacial score (nSPS) is 18.1. The van der Waals surface area contributed by atoms with Crippen molar-refractivity contribution in [1.29, 1.82) is 0 Å². The number of nitrogens with zero attached hydrogens (tertiary/aromatic N) is 4. The van der Waals surface area contributed by atoms with Crippen molar-refractivity contribution in [3.63, 3.8) is 0 Å². The highest BCUT2D eigenvalue weighted by Crippen LogP contribution is 2.23. The summed E-state index contributed by atoms with van der Waals surface area (Å²) in [5.74, 6) is -0.181. The van der Waals surface area contributed by atoms with Crippen molar-refractivity contribution < 1.29 is 4.79 Å². The molecule has 0 aliphatic carbocycles. The lowest BCUT2D eigenvalue weighted by Gasteiger charge is -2.11. The molecule has 2 aromatic carbocycles. The highest BCUT2D eigenvalue weighted by Gasteiger charge is 2.34. The summed E-state index contributed by atoms with van der Waals surface area (Å²) >= 11 is 0. The molecule has 0 N–H and O–H groups in total. The van der Waals surface area contributed by atoms with Crippen LogP contribution < -0.4 is 5.01 Å². The van der Waals surface area contributed by atoms with Crippen molar-refractivity contribution in [3.8, 4) is 0 Å². The third-order valence-electron chi connectivity index (χ3n) is 3.42. The zero-order chi connectivity index (χ0) is 15.5. The van der Waals surface area contributed by atoms with Gasteiger partial charge in [-0.15, -0.1) is 0 Å². The number of benzene rings is 2. The van der Waals surface area contributed by atoms with Crippen LogP contribution in [0.15, 0.2) is 69.9 Å². The Labute approximate surface area is 129 Å². The van der Waals surface area contributed by atoms with Crippen LogP contribution in [0.25, 0.3) is 0 Å². The summed E-state index contributed by atoms with van der Waals surface area (Å²) in [7, 11) is 0. The predicted octanol–water partition coefficient (Wildman–Crippen LogP) is 3.87. The lowest BCUT2D eigenvalue weighted by atomic mass is 10.2. The first-order valence-electron chi connectivity index (χ1n) is 7.07. The maximum atomic E-state index is 12.4. The smallest absolute Gasteiger partial charge is 0.269 e. The van der Waals surface area contributed by atoms with Crippen molar-refractivity contribution in [2.75, 3.05) is 5.01 Å². The van der Waals surface area contributed by atoms with Crippen LogP contribution in [0.3, 0.4) is 0 Å². The summed E-state index contributed by atoms with van der Waals surface area (Å²) in [5.41, 5.74) is 3.26. The number of aryl methyl sites for hydroxylation is 1. The number of hydrogen-bond acceptors (Lipinski definition) is 4. The van der Waals surface area contributed by atoms with Crippen LogP contribution in [0.4, 0.5) is 11.4 Å². The molecule has 0 saturated carbocycles. The minimum atomic E-state index is -0.651. The monoisotopic (exact) mass is 292 g/mol. The third-order valence-corrected chi connectivity index (χ3v) is 3.42. The Morgan fingerprint density at radius 3 is 2.36 bits per heavy atom. The lowest BCUT2D eigenvalue weighted by molar-refractivity contribution is -0.117. The lowest BCUT2D eigenvalue weighted by Crippen LogP contribution is -2.29. The molecule has 1 aliphatic heterocycles. The van der Waals surface area contributed by atoms with Gasteiger partial charge in [-0.3, -0.25) is 4.79 Å². The first-order chi connectivity index (χ1) is 10.6. The van der Waals surface area contributed by atoms with Crippen molar-refractivity contribution in [1.82, 2.24) is 0 Å². The van der Waals surface area contributed by atoms with Gasteiger partial charge in [0.15, 0.2) is 6.04 Å². The molecule has 1 aliphatic rings. The molecule has 3 rings (SSSR count). The number of hydrazone groups is 1. The van der Waals surface area contributed by atoms with Crippen LogP contribution in [0.5, 0.6) is 0 Å². The van der Waals surface area contributed by atoms with Crippen LogP contribution >= 0.6 is 0 Å². The second-order valence-electron chi connectivity index (χ2n) is 5.18. The van der Waals surface area contributed by atoms with Gasteiger partial charge in [-0.05, 0) is 38.1 Å². The van der Waals surface area contributed by atoms with E-state index in [1.165, 1.54) is 5.01 Å². The number of para-hydroxylation sites is 1. The van der Waals surface area contributed by atoms with Gasteiger partial charge in [0, 0.05) is 0 Å². The van der Waals surface area contributed by atoms with Gasteiger partial charge in [-0.1, -0.05) is 35.9 Å². The molecule has 1 amide bonds. The SMILES string of the molecule is CC1=NN(c2ccccc2)C(=O)[C@H]1N=Nc1ccc(C)cc1. The van der Waals surface area contributed by atoms with Crippen LogP contribution in [0.2, 0.25) is 0 Å². The van der Waals surface area contributed by atoms with Gasteiger partial charge >= 0.3 is 0 Å². The van der Waals surface area contributed by atoms with Crippen molar-refractivity contribution >= 4 is 23.0 Å². The molecule has 1 atom stereocenters. The zero-order valence-corrected chi connectivity index (χ0v) is 12.5. The Balaban J connectivity index is 1.80. The van der Waals surface area contributed by atoms with E-state index in [0.29, 0.717) is 5.71 Å². The number of anilines is 1. The first kappa shape index (κ1) is 14.1. The number of hydrogen-bond donors (Lipinski definition) is 0. The highest BCUT2D eigenvalue weighted by atomic mass is 16.2. The van der Waals surface area contributed by atoms with Gasteiger partial charge in [0.05, 0.1) is 17.1 Å². The number of amides is 1. The van der Waals surface area contributed by atoms with E-state index in [2.05, 4.69) is 15.3 Å².